The summed E-state index contributed by atoms with van der Waals surface area (Å²) in [5.74, 6) is 0.436. The molecule has 0 unspecified atom stereocenters. The normalized spacial score (nSPS) is 12.0. The van der Waals surface area contributed by atoms with Crippen molar-refractivity contribution < 1.29 is 9.59 Å². The van der Waals surface area contributed by atoms with E-state index in [2.05, 4.69) is 20.8 Å². The van der Waals surface area contributed by atoms with E-state index in [4.69, 9.17) is 0 Å². The van der Waals surface area contributed by atoms with Crippen LogP contribution < -0.4 is 10.6 Å². The third-order valence-electron chi connectivity index (χ3n) is 3.00. The molecule has 0 aromatic carbocycles. The molecule has 2 aromatic heterocycles. The van der Waals surface area contributed by atoms with Gasteiger partial charge in [-0.05, 0) is 32.2 Å². The van der Waals surface area contributed by atoms with E-state index in [1.54, 1.807) is 25.2 Å². The molecule has 124 valence electrons. The highest BCUT2D eigenvalue weighted by Crippen LogP contribution is 2.28. The van der Waals surface area contributed by atoms with Crippen molar-refractivity contribution in [3.05, 3.63) is 17.5 Å². The summed E-state index contributed by atoms with van der Waals surface area (Å²) in [5.41, 5.74) is 0. The summed E-state index contributed by atoms with van der Waals surface area (Å²) in [6.45, 7) is 6.70. The van der Waals surface area contributed by atoms with Crippen molar-refractivity contribution in [2.45, 2.75) is 37.7 Å². The second-order valence-corrected chi connectivity index (χ2v) is 6.89. The zero-order chi connectivity index (χ0) is 16.8. The molecule has 0 spiro atoms. The number of hydrogen-bond donors (Lipinski definition) is 2. The molecule has 0 bridgehead atoms. The van der Waals surface area contributed by atoms with Gasteiger partial charge in [-0.3, -0.25) is 10.1 Å². The van der Waals surface area contributed by atoms with E-state index in [-0.39, 0.29) is 5.91 Å². The van der Waals surface area contributed by atoms with E-state index in [1.165, 1.54) is 11.8 Å². The van der Waals surface area contributed by atoms with Gasteiger partial charge in [-0.15, -0.1) is 21.5 Å². The highest BCUT2D eigenvalue weighted by molar-refractivity contribution is 8.00. The average Bonchev–Trinajstić information content (AvgIpc) is 3.15. The van der Waals surface area contributed by atoms with Crippen molar-refractivity contribution in [3.8, 4) is 10.7 Å². The predicted octanol–water partition coefficient (Wildman–Crippen LogP) is 2.35. The zero-order valence-electron chi connectivity index (χ0n) is 13.2. The zero-order valence-corrected chi connectivity index (χ0v) is 14.8. The van der Waals surface area contributed by atoms with Gasteiger partial charge in [-0.2, -0.15) is 0 Å². The first-order valence-corrected chi connectivity index (χ1v) is 9.05. The molecule has 7 nitrogen and oxygen atoms in total. The lowest BCUT2D eigenvalue weighted by atomic mass is 10.4. The molecule has 1 atom stereocenters. The molecule has 2 heterocycles. The van der Waals surface area contributed by atoms with Crippen molar-refractivity contribution in [2.24, 2.45) is 0 Å². The third-order valence-corrected chi connectivity index (χ3v) is 4.95. The molecule has 23 heavy (non-hydrogen) atoms. The van der Waals surface area contributed by atoms with Gasteiger partial charge >= 0.3 is 6.03 Å². The monoisotopic (exact) mass is 353 g/mol. The molecule has 2 rings (SSSR count). The maximum Gasteiger partial charge on any atom is 0.321 e. The molecule has 0 saturated carbocycles. The lowest BCUT2D eigenvalue weighted by molar-refractivity contribution is -0.119. The molecule has 2 N–H and O–H groups in total. The Bertz CT molecular complexity index is 669. The summed E-state index contributed by atoms with van der Waals surface area (Å²) in [4.78, 5) is 24.5. The molecule has 0 aliphatic carbocycles. The van der Waals surface area contributed by atoms with Crippen LogP contribution in [0, 0.1) is 0 Å². The molecule has 0 aliphatic rings. The summed E-state index contributed by atoms with van der Waals surface area (Å²) in [6, 6.07) is 3.46. The van der Waals surface area contributed by atoms with Gasteiger partial charge in [0.15, 0.2) is 11.0 Å². The Morgan fingerprint density at radius 3 is 2.78 bits per heavy atom. The van der Waals surface area contributed by atoms with Crippen LogP contribution in [-0.4, -0.2) is 38.5 Å². The van der Waals surface area contributed by atoms with Crippen molar-refractivity contribution >= 4 is 35.0 Å². The minimum Gasteiger partial charge on any atom is -0.338 e. The number of imide groups is 1. The van der Waals surface area contributed by atoms with Crippen molar-refractivity contribution in [1.29, 1.82) is 0 Å². The molecule has 0 aliphatic heterocycles. The first kappa shape index (κ1) is 17.5. The van der Waals surface area contributed by atoms with Crippen molar-refractivity contribution in [3.63, 3.8) is 0 Å². The van der Waals surface area contributed by atoms with Crippen LogP contribution in [0.15, 0.2) is 22.7 Å². The van der Waals surface area contributed by atoms with Crippen LogP contribution in [0.4, 0.5) is 4.79 Å². The number of hydrogen-bond acceptors (Lipinski definition) is 6. The second kappa shape index (κ2) is 8.11. The van der Waals surface area contributed by atoms with Gasteiger partial charge in [0.2, 0.25) is 5.91 Å². The lowest BCUT2D eigenvalue weighted by Crippen LogP contribution is -2.42. The standard InChI is InChI=1S/C14H19N5O2S2/c1-4-15-13(21)16-12(20)9(3)23-14-18-17-11(19(14)5-2)10-7-6-8-22-10/h6-9H,4-5H2,1-3H3,(H2,15,16,20,21)/t9-/m0/s1. The van der Waals surface area contributed by atoms with Gasteiger partial charge in [-0.1, -0.05) is 17.8 Å². The van der Waals surface area contributed by atoms with Crippen LogP contribution in [0.3, 0.4) is 0 Å². The fourth-order valence-electron chi connectivity index (χ4n) is 1.88. The number of rotatable bonds is 6. The number of carbonyl (C=O) groups excluding carboxylic acids is 2. The minimum atomic E-state index is -0.485. The van der Waals surface area contributed by atoms with E-state index in [1.807, 2.05) is 29.0 Å². The van der Waals surface area contributed by atoms with Crippen LogP contribution in [0.1, 0.15) is 20.8 Å². The number of nitrogens with one attached hydrogen (secondary N) is 2. The van der Waals surface area contributed by atoms with Crippen LogP contribution >= 0.6 is 23.1 Å². The average molecular weight is 353 g/mol. The van der Waals surface area contributed by atoms with Gasteiger partial charge in [0.1, 0.15) is 0 Å². The maximum absolute atomic E-state index is 12.0. The molecule has 2 aromatic rings. The fraction of sp³-hybridized carbons (Fsp3) is 0.429. The van der Waals surface area contributed by atoms with Gasteiger partial charge < -0.3 is 9.88 Å². The molecule has 0 fully saturated rings. The van der Waals surface area contributed by atoms with Gasteiger partial charge in [0.25, 0.3) is 0 Å². The SMILES string of the molecule is CCNC(=O)NC(=O)[C@H](C)Sc1nnc(-c2cccs2)n1CC. The number of urea groups is 1. The number of carbonyl (C=O) groups is 2. The van der Waals surface area contributed by atoms with E-state index >= 15 is 0 Å². The fourth-order valence-corrected chi connectivity index (χ4v) is 3.51. The second-order valence-electron chi connectivity index (χ2n) is 4.64. The summed E-state index contributed by atoms with van der Waals surface area (Å²) in [7, 11) is 0. The van der Waals surface area contributed by atoms with Gasteiger partial charge in [0.05, 0.1) is 10.1 Å². The van der Waals surface area contributed by atoms with Crippen LogP contribution in [-0.2, 0) is 11.3 Å². The van der Waals surface area contributed by atoms with E-state index < -0.39 is 11.3 Å². The van der Waals surface area contributed by atoms with Crippen LogP contribution in [0.5, 0.6) is 0 Å². The summed E-state index contributed by atoms with van der Waals surface area (Å²) < 4.78 is 1.96. The van der Waals surface area contributed by atoms with Crippen LogP contribution in [0.25, 0.3) is 10.7 Å². The molecular formula is C14H19N5O2S2. The third kappa shape index (κ3) is 4.32. The topological polar surface area (TPSA) is 88.9 Å². The molecule has 0 radical (unpaired) electrons. The Kier molecular flexibility index (Phi) is 6.17. The molecule has 0 saturated heterocycles. The van der Waals surface area contributed by atoms with Crippen molar-refractivity contribution in [1.82, 2.24) is 25.4 Å². The molecule has 9 heteroatoms. The highest BCUT2D eigenvalue weighted by Gasteiger charge is 2.21. The Balaban J connectivity index is 2.08. The summed E-state index contributed by atoms with van der Waals surface area (Å²) in [5, 5.41) is 15.4. The Hall–Kier alpha value is -1.87. The Labute approximate surface area is 142 Å². The largest absolute Gasteiger partial charge is 0.338 e. The minimum absolute atomic E-state index is 0.357. The van der Waals surface area contributed by atoms with Crippen molar-refractivity contribution in [2.75, 3.05) is 6.54 Å². The van der Waals surface area contributed by atoms with Gasteiger partial charge in [-0.25, -0.2) is 4.79 Å². The van der Waals surface area contributed by atoms with Crippen LogP contribution in [0.2, 0.25) is 0 Å². The number of nitrogens with zero attached hydrogens (tertiary/aromatic N) is 3. The maximum atomic E-state index is 12.0. The predicted molar refractivity (Wildman–Crippen MR) is 91.5 cm³/mol. The van der Waals surface area contributed by atoms with Gasteiger partial charge in [0, 0.05) is 13.1 Å². The summed E-state index contributed by atoms with van der Waals surface area (Å²) >= 11 is 2.88. The Morgan fingerprint density at radius 2 is 2.17 bits per heavy atom. The van der Waals surface area contributed by atoms with E-state index in [0.29, 0.717) is 18.2 Å². The first-order chi connectivity index (χ1) is 11.1. The summed E-state index contributed by atoms with van der Waals surface area (Å²) in [6.07, 6.45) is 0. The highest BCUT2D eigenvalue weighted by atomic mass is 32.2. The molecule has 3 amide bonds. The number of amides is 3. The first-order valence-electron chi connectivity index (χ1n) is 7.29. The van der Waals surface area contributed by atoms with E-state index in [9.17, 15) is 9.59 Å². The lowest BCUT2D eigenvalue weighted by Gasteiger charge is -2.12. The smallest absolute Gasteiger partial charge is 0.321 e. The Morgan fingerprint density at radius 1 is 1.39 bits per heavy atom. The van der Waals surface area contributed by atoms with E-state index in [0.717, 1.165) is 10.7 Å². The number of thioether (sulfide) groups is 1. The number of thiophene rings is 1. The quantitative estimate of drug-likeness (QED) is 0.778. The number of aromatic nitrogens is 3. The molecular weight excluding hydrogens is 334 g/mol.